The topological polar surface area (TPSA) is 38.3 Å². The Morgan fingerprint density at radius 1 is 1.04 bits per heavy atom. The van der Waals surface area contributed by atoms with E-state index in [0.29, 0.717) is 6.07 Å². The zero-order chi connectivity index (χ0) is 17.2. The van der Waals surface area contributed by atoms with Crippen molar-refractivity contribution in [2.45, 2.75) is 6.18 Å². The maximum atomic E-state index is 12.9. The molecule has 2 aromatic rings. The van der Waals surface area contributed by atoms with E-state index in [1.807, 2.05) is 0 Å². The zero-order valence-corrected chi connectivity index (χ0v) is 12.6. The molecule has 0 radical (unpaired) electrons. The van der Waals surface area contributed by atoms with Gasteiger partial charge in [-0.2, -0.15) is 13.2 Å². The molecule has 1 amide bonds. The SMILES string of the molecule is O=C(Nc1cc(C(F)(F)F)ccc1Cl)Oc1ccc(F)cc1Cl. The Labute approximate surface area is 137 Å². The molecule has 122 valence electrons. The van der Waals surface area contributed by atoms with Gasteiger partial charge in [-0.05, 0) is 36.4 Å². The maximum absolute atomic E-state index is 12.9. The maximum Gasteiger partial charge on any atom is 0.417 e. The van der Waals surface area contributed by atoms with Crippen molar-refractivity contribution in [3.63, 3.8) is 0 Å². The molecule has 0 unspecified atom stereocenters. The lowest BCUT2D eigenvalue weighted by atomic mass is 10.2. The number of hydrogen-bond donors (Lipinski definition) is 1. The van der Waals surface area contributed by atoms with E-state index in [9.17, 15) is 22.4 Å². The molecule has 23 heavy (non-hydrogen) atoms. The van der Waals surface area contributed by atoms with Crippen molar-refractivity contribution in [3.05, 3.63) is 57.8 Å². The van der Waals surface area contributed by atoms with Crippen LogP contribution >= 0.6 is 23.2 Å². The van der Waals surface area contributed by atoms with Crippen LogP contribution in [0.2, 0.25) is 10.0 Å². The first-order valence-electron chi connectivity index (χ1n) is 5.97. The minimum atomic E-state index is -4.59. The lowest BCUT2D eigenvalue weighted by Crippen LogP contribution is -2.18. The van der Waals surface area contributed by atoms with E-state index in [1.165, 1.54) is 0 Å². The molecule has 1 N–H and O–H groups in total. The third-order valence-electron chi connectivity index (χ3n) is 2.63. The van der Waals surface area contributed by atoms with Gasteiger partial charge in [-0.1, -0.05) is 23.2 Å². The molecule has 0 heterocycles. The summed E-state index contributed by atoms with van der Waals surface area (Å²) in [6.45, 7) is 0. The lowest BCUT2D eigenvalue weighted by molar-refractivity contribution is -0.137. The minimum absolute atomic E-state index is 0.111. The quantitative estimate of drug-likeness (QED) is 0.685. The van der Waals surface area contributed by atoms with Gasteiger partial charge in [-0.15, -0.1) is 0 Å². The number of nitrogens with one attached hydrogen (secondary N) is 1. The Morgan fingerprint density at radius 2 is 1.74 bits per heavy atom. The van der Waals surface area contributed by atoms with Gasteiger partial charge in [-0.25, -0.2) is 9.18 Å². The van der Waals surface area contributed by atoms with E-state index in [0.717, 1.165) is 30.3 Å². The van der Waals surface area contributed by atoms with E-state index in [4.69, 9.17) is 27.9 Å². The lowest BCUT2D eigenvalue weighted by Gasteiger charge is -2.12. The Morgan fingerprint density at radius 3 is 2.35 bits per heavy atom. The van der Waals surface area contributed by atoms with E-state index in [-0.39, 0.29) is 21.5 Å². The average Bonchev–Trinajstić information content (AvgIpc) is 2.43. The average molecular weight is 368 g/mol. The molecule has 0 aliphatic heterocycles. The van der Waals surface area contributed by atoms with Crippen LogP contribution in [-0.2, 0) is 6.18 Å². The first-order chi connectivity index (χ1) is 10.7. The zero-order valence-electron chi connectivity index (χ0n) is 11.0. The fraction of sp³-hybridized carbons (Fsp3) is 0.0714. The molecule has 2 rings (SSSR count). The highest BCUT2D eigenvalue weighted by Crippen LogP contribution is 2.34. The number of anilines is 1. The summed E-state index contributed by atoms with van der Waals surface area (Å²) in [6.07, 6.45) is -5.72. The van der Waals surface area contributed by atoms with E-state index < -0.39 is 23.7 Å². The van der Waals surface area contributed by atoms with Crippen LogP contribution in [-0.4, -0.2) is 6.09 Å². The molecule has 0 fully saturated rings. The molecule has 0 atom stereocenters. The number of hydrogen-bond acceptors (Lipinski definition) is 2. The fourth-order valence-electron chi connectivity index (χ4n) is 1.59. The fourth-order valence-corrected chi connectivity index (χ4v) is 1.96. The van der Waals surface area contributed by atoms with Crippen molar-refractivity contribution in [2.24, 2.45) is 0 Å². The van der Waals surface area contributed by atoms with Crippen LogP contribution in [0.3, 0.4) is 0 Å². The Bertz CT molecular complexity index is 750. The molecular weight excluding hydrogens is 361 g/mol. The number of carbonyl (C=O) groups excluding carboxylic acids is 1. The van der Waals surface area contributed by atoms with Gasteiger partial charge in [0, 0.05) is 0 Å². The smallest absolute Gasteiger partial charge is 0.408 e. The second kappa shape index (κ2) is 6.64. The molecule has 2 aromatic carbocycles. The highest BCUT2D eigenvalue weighted by molar-refractivity contribution is 6.33. The van der Waals surface area contributed by atoms with E-state index in [2.05, 4.69) is 5.32 Å². The summed E-state index contributed by atoms with van der Waals surface area (Å²) in [5, 5.41) is 1.79. The van der Waals surface area contributed by atoms with Gasteiger partial charge in [-0.3, -0.25) is 5.32 Å². The highest BCUT2D eigenvalue weighted by atomic mass is 35.5. The number of carbonyl (C=O) groups is 1. The summed E-state index contributed by atoms with van der Waals surface area (Å²) in [5.41, 5.74) is -1.28. The summed E-state index contributed by atoms with van der Waals surface area (Å²) in [4.78, 5) is 11.7. The Hall–Kier alpha value is -1.99. The Kier molecular flexibility index (Phi) is 5.01. The number of rotatable bonds is 2. The molecule has 0 aromatic heterocycles. The third-order valence-corrected chi connectivity index (χ3v) is 3.25. The summed E-state index contributed by atoms with van der Waals surface area (Å²) in [6, 6.07) is 5.45. The number of alkyl halides is 3. The van der Waals surface area contributed by atoms with Crippen molar-refractivity contribution in [1.82, 2.24) is 0 Å². The molecule has 0 spiro atoms. The Balaban J connectivity index is 2.17. The summed E-state index contributed by atoms with van der Waals surface area (Å²) >= 11 is 11.4. The van der Waals surface area contributed by atoms with Crippen LogP contribution < -0.4 is 10.1 Å². The van der Waals surface area contributed by atoms with Gasteiger partial charge in [0.05, 0.1) is 21.3 Å². The molecule has 3 nitrogen and oxygen atoms in total. The molecule has 0 bridgehead atoms. The van der Waals surface area contributed by atoms with Gasteiger partial charge >= 0.3 is 12.3 Å². The normalized spacial score (nSPS) is 11.2. The van der Waals surface area contributed by atoms with Gasteiger partial charge < -0.3 is 4.74 Å². The van der Waals surface area contributed by atoms with Crippen LogP contribution in [0.4, 0.5) is 28.0 Å². The predicted molar refractivity (Wildman–Crippen MR) is 77.5 cm³/mol. The van der Waals surface area contributed by atoms with E-state index >= 15 is 0 Å². The predicted octanol–water partition coefficient (Wildman–Crippen LogP) is 5.76. The van der Waals surface area contributed by atoms with Crippen molar-refractivity contribution in [1.29, 1.82) is 0 Å². The highest BCUT2D eigenvalue weighted by Gasteiger charge is 2.31. The van der Waals surface area contributed by atoms with Crippen molar-refractivity contribution >= 4 is 35.0 Å². The number of halogens is 6. The summed E-state index contributed by atoms with van der Waals surface area (Å²) < 4.78 is 55.6. The van der Waals surface area contributed by atoms with Crippen molar-refractivity contribution in [2.75, 3.05) is 5.32 Å². The van der Waals surface area contributed by atoms with Gasteiger partial charge in [0.15, 0.2) is 5.75 Å². The monoisotopic (exact) mass is 367 g/mol. The first kappa shape index (κ1) is 17.4. The third kappa shape index (κ3) is 4.49. The second-order valence-corrected chi connectivity index (χ2v) is 5.10. The molecule has 0 aliphatic carbocycles. The molecule has 9 heteroatoms. The van der Waals surface area contributed by atoms with Crippen LogP contribution in [0.25, 0.3) is 0 Å². The van der Waals surface area contributed by atoms with Crippen LogP contribution in [0.5, 0.6) is 5.75 Å². The molecule has 0 saturated heterocycles. The first-order valence-corrected chi connectivity index (χ1v) is 6.73. The number of benzene rings is 2. The minimum Gasteiger partial charge on any atom is -0.408 e. The number of amides is 1. The van der Waals surface area contributed by atoms with Gasteiger partial charge in [0.25, 0.3) is 0 Å². The van der Waals surface area contributed by atoms with Crippen molar-refractivity contribution in [3.8, 4) is 5.75 Å². The molecule has 0 aliphatic rings. The number of ether oxygens (including phenoxy) is 1. The largest absolute Gasteiger partial charge is 0.417 e. The molecular formula is C14H7Cl2F4NO2. The standard InChI is InChI=1S/C14H7Cl2F4NO2/c15-9-3-1-7(14(18,19)20)5-11(9)21-13(22)23-12-4-2-8(17)6-10(12)16/h1-6H,(H,21,22). The summed E-state index contributed by atoms with van der Waals surface area (Å²) in [5.74, 6) is -0.794. The van der Waals surface area contributed by atoms with Crippen molar-refractivity contribution < 1.29 is 27.1 Å². The van der Waals surface area contributed by atoms with Gasteiger partial charge in [0.2, 0.25) is 0 Å². The summed E-state index contributed by atoms with van der Waals surface area (Å²) in [7, 11) is 0. The molecule has 0 saturated carbocycles. The van der Waals surface area contributed by atoms with Crippen LogP contribution in [0.15, 0.2) is 36.4 Å². The van der Waals surface area contributed by atoms with Gasteiger partial charge in [0.1, 0.15) is 5.82 Å². The van der Waals surface area contributed by atoms with E-state index in [1.54, 1.807) is 0 Å². The van der Waals surface area contributed by atoms with Crippen LogP contribution in [0, 0.1) is 5.82 Å². The second-order valence-electron chi connectivity index (χ2n) is 4.28. The van der Waals surface area contributed by atoms with Crippen LogP contribution in [0.1, 0.15) is 5.56 Å².